The number of thiophene rings is 1. The summed E-state index contributed by atoms with van der Waals surface area (Å²) in [6.07, 6.45) is 3.07. The van der Waals surface area contributed by atoms with E-state index in [0.29, 0.717) is 24.6 Å². The molecule has 2 N–H and O–H groups in total. The molecule has 1 fully saturated rings. The lowest BCUT2D eigenvalue weighted by atomic mass is 10.0. The molecule has 5 nitrogen and oxygen atoms in total. The Balaban J connectivity index is 1.99. The molecule has 1 aliphatic rings. The lowest BCUT2D eigenvalue weighted by Crippen LogP contribution is -2.31. The van der Waals surface area contributed by atoms with E-state index in [2.05, 4.69) is 10.0 Å². The van der Waals surface area contributed by atoms with Crippen LogP contribution in [0.25, 0.3) is 0 Å². The van der Waals surface area contributed by atoms with Crippen LogP contribution < -0.4 is 10.0 Å². The van der Waals surface area contributed by atoms with E-state index >= 15 is 0 Å². The minimum absolute atomic E-state index is 0.113. The van der Waals surface area contributed by atoms with Crippen molar-refractivity contribution in [2.45, 2.75) is 30.7 Å². The molecule has 0 atom stereocenters. The Morgan fingerprint density at radius 3 is 2.80 bits per heavy atom. The van der Waals surface area contributed by atoms with Gasteiger partial charge in [0.05, 0.1) is 4.90 Å². The molecule has 20 heavy (non-hydrogen) atoms. The van der Waals surface area contributed by atoms with Crippen LogP contribution in [-0.2, 0) is 21.3 Å². The van der Waals surface area contributed by atoms with Crippen molar-refractivity contribution in [1.29, 1.82) is 0 Å². The highest BCUT2D eigenvalue weighted by molar-refractivity contribution is 7.89. The third-order valence-corrected chi connectivity index (χ3v) is 6.30. The molecular weight excluding hydrogens is 296 g/mol. The molecular formula is C13H22N2O3S2. The fraction of sp³-hybridized carbons (Fsp3) is 0.692. The zero-order chi connectivity index (χ0) is 14.6. The van der Waals surface area contributed by atoms with Gasteiger partial charge in [0.15, 0.2) is 0 Å². The first-order valence-electron chi connectivity index (χ1n) is 6.73. The first-order valence-corrected chi connectivity index (χ1v) is 9.09. The predicted octanol–water partition coefficient (Wildman–Crippen LogP) is 1.56. The van der Waals surface area contributed by atoms with Gasteiger partial charge in [-0.25, -0.2) is 13.1 Å². The van der Waals surface area contributed by atoms with Crippen LogP contribution in [0, 0.1) is 5.41 Å². The summed E-state index contributed by atoms with van der Waals surface area (Å²) in [5.74, 6) is 0. The fourth-order valence-corrected chi connectivity index (χ4v) is 4.80. The molecule has 0 saturated heterocycles. The number of hydrogen-bond donors (Lipinski definition) is 2. The van der Waals surface area contributed by atoms with Crippen molar-refractivity contribution in [3.8, 4) is 0 Å². The van der Waals surface area contributed by atoms with Gasteiger partial charge >= 0.3 is 0 Å². The minimum atomic E-state index is -3.41. The van der Waals surface area contributed by atoms with E-state index in [1.54, 1.807) is 13.2 Å². The predicted molar refractivity (Wildman–Crippen MR) is 80.4 cm³/mol. The molecule has 2 rings (SSSR count). The van der Waals surface area contributed by atoms with Crippen LogP contribution in [0.2, 0.25) is 0 Å². The topological polar surface area (TPSA) is 67.4 Å². The normalized spacial score (nSPS) is 17.3. The minimum Gasteiger partial charge on any atom is -0.385 e. The summed E-state index contributed by atoms with van der Waals surface area (Å²) in [5.41, 5.74) is 0.113. The molecule has 0 amide bonds. The first kappa shape index (κ1) is 15.9. The maximum atomic E-state index is 12.4. The van der Waals surface area contributed by atoms with Crippen LogP contribution in [0.3, 0.4) is 0 Å². The zero-order valence-electron chi connectivity index (χ0n) is 11.9. The van der Waals surface area contributed by atoms with Gasteiger partial charge in [-0.2, -0.15) is 0 Å². The number of ether oxygens (including phenoxy) is 1. The molecule has 114 valence electrons. The Bertz CT molecular complexity index is 536. The van der Waals surface area contributed by atoms with Crippen molar-refractivity contribution in [2.24, 2.45) is 5.41 Å². The second-order valence-electron chi connectivity index (χ2n) is 5.31. The van der Waals surface area contributed by atoms with E-state index in [-0.39, 0.29) is 5.41 Å². The summed E-state index contributed by atoms with van der Waals surface area (Å²) in [5, 5.41) is 4.82. The van der Waals surface area contributed by atoms with Crippen molar-refractivity contribution in [3.05, 3.63) is 16.3 Å². The molecule has 0 unspecified atom stereocenters. The van der Waals surface area contributed by atoms with E-state index in [9.17, 15) is 8.42 Å². The van der Waals surface area contributed by atoms with E-state index in [4.69, 9.17) is 4.74 Å². The lowest BCUT2D eigenvalue weighted by Gasteiger charge is -2.15. The van der Waals surface area contributed by atoms with Crippen molar-refractivity contribution in [1.82, 2.24) is 10.0 Å². The second kappa shape index (κ2) is 6.53. The highest BCUT2D eigenvalue weighted by Crippen LogP contribution is 2.48. The van der Waals surface area contributed by atoms with Gasteiger partial charge < -0.3 is 10.1 Å². The fourth-order valence-electron chi connectivity index (χ4n) is 2.19. The summed E-state index contributed by atoms with van der Waals surface area (Å²) < 4.78 is 32.6. The summed E-state index contributed by atoms with van der Waals surface area (Å²) in [7, 11) is 0.0808. The van der Waals surface area contributed by atoms with Gasteiger partial charge in [0, 0.05) is 31.7 Å². The molecule has 0 aliphatic heterocycles. The van der Waals surface area contributed by atoms with Crippen LogP contribution in [-0.4, -0.2) is 35.7 Å². The molecule has 1 aromatic heterocycles. The summed E-state index contributed by atoms with van der Waals surface area (Å²) in [6, 6.07) is 1.67. The second-order valence-corrected chi connectivity index (χ2v) is 8.04. The summed E-state index contributed by atoms with van der Waals surface area (Å²) >= 11 is 1.46. The first-order chi connectivity index (χ1) is 9.53. The lowest BCUT2D eigenvalue weighted by molar-refractivity contribution is 0.173. The summed E-state index contributed by atoms with van der Waals surface area (Å²) in [4.78, 5) is 1.25. The van der Waals surface area contributed by atoms with Crippen LogP contribution in [0.1, 0.15) is 24.1 Å². The zero-order valence-corrected chi connectivity index (χ0v) is 13.6. The number of sulfonamides is 1. The van der Waals surface area contributed by atoms with Crippen LogP contribution in [0.5, 0.6) is 0 Å². The third-order valence-electron chi connectivity index (χ3n) is 3.76. The molecule has 1 saturated carbocycles. The van der Waals surface area contributed by atoms with Gasteiger partial charge in [-0.1, -0.05) is 0 Å². The highest BCUT2D eigenvalue weighted by atomic mass is 32.2. The van der Waals surface area contributed by atoms with Crippen LogP contribution in [0.15, 0.2) is 16.3 Å². The standard InChI is InChI=1S/C13H22N2O3S2/c1-14-9-11-12(3-8-19-11)20(16,17)15-10-13(4-5-13)6-7-18-2/h3,8,14-15H,4-7,9-10H2,1-2H3. The van der Waals surface area contributed by atoms with Crippen molar-refractivity contribution >= 4 is 21.4 Å². The Labute approximate surface area is 124 Å². The smallest absolute Gasteiger partial charge is 0.241 e. The van der Waals surface area contributed by atoms with Gasteiger partial charge in [0.1, 0.15) is 0 Å². The Morgan fingerprint density at radius 1 is 1.45 bits per heavy atom. The number of methoxy groups -OCH3 is 1. The number of nitrogens with one attached hydrogen (secondary N) is 2. The quantitative estimate of drug-likeness (QED) is 0.725. The van der Waals surface area contributed by atoms with Crippen LogP contribution >= 0.6 is 11.3 Å². The number of hydrogen-bond acceptors (Lipinski definition) is 5. The van der Waals surface area contributed by atoms with Crippen LogP contribution in [0.4, 0.5) is 0 Å². The SMILES string of the molecule is CNCc1sccc1S(=O)(=O)NCC1(CCOC)CC1. The molecule has 0 radical (unpaired) electrons. The van der Waals surface area contributed by atoms with Gasteiger partial charge in [-0.05, 0) is 43.2 Å². The molecule has 0 bridgehead atoms. The van der Waals surface area contributed by atoms with Gasteiger partial charge in [-0.15, -0.1) is 11.3 Å². The Hall–Kier alpha value is -0.470. The van der Waals surface area contributed by atoms with E-state index in [1.807, 2.05) is 12.4 Å². The van der Waals surface area contributed by atoms with E-state index in [1.165, 1.54) is 11.3 Å². The molecule has 7 heteroatoms. The van der Waals surface area contributed by atoms with Crippen molar-refractivity contribution in [3.63, 3.8) is 0 Å². The average Bonchev–Trinajstić information content (AvgIpc) is 3.04. The Morgan fingerprint density at radius 2 is 2.20 bits per heavy atom. The molecule has 1 heterocycles. The van der Waals surface area contributed by atoms with Crippen molar-refractivity contribution < 1.29 is 13.2 Å². The third kappa shape index (κ3) is 3.79. The van der Waals surface area contributed by atoms with Gasteiger partial charge in [0.2, 0.25) is 10.0 Å². The van der Waals surface area contributed by atoms with Gasteiger partial charge in [0.25, 0.3) is 0 Å². The molecule has 1 aromatic rings. The number of rotatable bonds is 9. The van der Waals surface area contributed by atoms with E-state index < -0.39 is 10.0 Å². The molecule has 0 aromatic carbocycles. The maximum Gasteiger partial charge on any atom is 0.241 e. The molecule has 0 spiro atoms. The van der Waals surface area contributed by atoms with E-state index in [0.717, 1.165) is 24.1 Å². The summed E-state index contributed by atoms with van der Waals surface area (Å²) in [6.45, 7) is 1.77. The Kier molecular flexibility index (Phi) is 5.19. The van der Waals surface area contributed by atoms with Crippen molar-refractivity contribution in [2.75, 3.05) is 27.3 Å². The monoisotopic (exact) mass is 318 g/mol. The maximum absolute atomic E-state index is 12.4. The highest BCUT2D eigenvalue weighted by Gasteiger charge is 2.42. The molecule has 1 aliphatic carbocycles. The average molecular weight is 318 g/mol. The largest absolute Gasteiger partial charge is 0.385 e. The van der Waals surface area contributed by atoms with Gasteiger partial charge in [-0.3, -0.25) is 0 Å².